The summed E-state index contributed by atoms with van der Waals surface area (Å²) in [6, 6.07) is 3.57. The molecule has 5 heteroatoms. The highest BCUT2D eigenvalue weighted by atomic mass is 16.1. The van der Waals surface area contributed by atoms with Gasteiger partial charge in [-0.1, -0.05) is 26.2 Å². The first-order valence-corrected chi connectivity index (χ1v) is 6.41. The fourth-order valence-electron chi connectivity index (χ4n) is 1.69. The van der Waals surface area contributed by atoms with E-state index in [2.05, 4.69) is 22.7 Å². The molecule has 4 N–H and O–H groups in total. The van der Waals surface area contributed by atoms with Crippen LogP contribution in [0.15, 0.2) is 18.3 Å². The summed E-state index contributed by atoms with van der Waals surface area (Å²) in [5.41, 5.74) is 2.98. The Labute approximate surface area is 108 Å². The molecular formula is C13H22N4O. The Morgan fingerprint density at radius 3 is 2.78 bits per heavy atom. The van der Waals surface area contributed by atoms with Gasteiger partial charge in [0.05, 0.1) is 5.56 Å². The number of unbranched alkanes of at least 4 members (excludes halogenated alkanes) is 2. The van der Waals surface area contributed by atoms with E-state index in [1.165, 1.54) is 19.0 Å². The van der Waals surface area contributed by atoms with Gasteiger partial charge in [0.1, 0.15) is 5.82 Å². The lowest BCUT2D eigenvalue weighted by Gasteiger charge is -2.13. The molecule has 100 valence electrons. The van der Waals surface area contributed by atoms with E-state index in [-0.39, 0.29) is 11.9 Å². The summed E-state index contributed by atoms with van der Waals surface area (Å²) in [5, 5.41) is 2.96. The molecule has 0 radical (unpaired) electrons. The standard InChI is InChI=1S/C13H22N4O/c1-3-4-5-6-10(2)16-13(18)11-7-8-12(17-14)15-9-11/h7-10H,3-6,14H2,1-2H3,(H,15,17)(H,16,18). The molecule has 0 bridgehead atoms. The minimum atomic E-state index is -0.0879. The van der Waals surface area contributed by atoms with Crippen molar-refractivity contribution in [3.63, 3.8) is 0 Å². The van der Waals surface area contributed by atoms with Crippen molar-refractivity contribution in [1.82, 2.24) is 10.3 Å². The van der Waals surface area contributed by atoms with Crippen LogP contribution in [0, 0.1) is 0 Å². The minimum Gasteiger partial charge on any atom is -0.350 e. The number of hydrogen-bond acceptors (Lipinski definition) is 4. The smallest absolute Gasteiger partial charge is 0.253 e. The second-order valence-corrected chi connectivity index (χ2v) is 4.45. The molecule has 1 heterocycles. The molecule has 0 saturated heterocycles. The number of rotatable bonds is 7. The zero-order valence-electron chi connectivity index (χ0n) is 11.1. The first kappa shape index (κ1) is 14.4. The topological polar surface area (TPSA) is 80.0 Å². The molecule has 1 amide bonds. The van der Waals surface area contributed by atoms with E-state index in [9.17, 15) is 4.79 Å². The molecule has 0 aromatic carbocycles. The molecule has 1 aromatic rings. The fraction of sp³-hybridized carbons (Fsp3) is 0.538. The van der Waals surface area contributed by atoms with Crippen LogP contribution >= 0.6 is 0 Å². The first-order chi connectivity index (χ1) is 8.67. The SMILES string of the molecule is CCCCCC(C)NC(=O)c1ccc(NN)nc1. The fourth-order valence-corrected chi connectivity index (χ4v) is 1.69. The number of pyridine rings is 1. The first-order valence-electron chi connectivity index (χ1n) is 6.41. The van der Waals surface area contributed by atoms with Crippen LogP contribution in [-0.2, 0) is 0 Å². The van der Waals surface area contributed by atoms with E-state index < -0.39 is 0 Å². The highest BCUT2D eigenvalue weighted by Gasteiger charge is 2.09. The zero-order valence-corrected chi connectivity index (χ0v) is 11.1. The second kappa shape index (κ2) is 7.66. The number of nitrogens with two attached hydrogens (primary N) is 1. The number of amides is 1. The van der Waals surface area contributed by atoms with Gasteiger partial charge in [0.2, 0.25) is 0 Å². The number of hydrogen-bond donors (Lipinski definition) is 3. The van der Waals surface area contributed by atoms with Crippen molar-refractivity contribution in [2.45, 2.75) is 45.6 Å². The molecule has 0 aliphatic heterocycles. The van der Waals surface area contributed by atoms with Gasteiger partial charge in [0, 0.05) is 12.2 Å². The van der Waals surface area contributed by atoms with Gasteiger partial charge in [-0.25, -0.2) is 10.8 Å². The van der Waals surface area contributed by atoms with Crippen molar-refractivity contribution in [2.24, 2.45) is 5.84 Å². The highest BCUT2D eigenvalue weighted by Crippen LogP contribution is 2.06. The summed E-state index contributed by atoms with van der Waals surface area (Å²) in [5.74, 6) is 5.67. The van der Waals surface area contributed by atoms with Crippen LogP contribution < -0.4 is 16.6 Å². The maximum atomic E-state index is 11.9. The van der Waals surface area contributed by atoms with Gasteiger partial charge in [-0.3, -0.25) is 4.79 Å². The second-order valence-electron chi connectivity index (χ2n) is 4.45. The molecule has 5 nitrogen and oxygen atoms in total. The van der Waals surface area contributed by atoms with Crippen molar-refractivity contribution in [3.8, 4) is 0 Å². The predicted octanol–water partition coefficient (Wildman–Crippen LogP) is 2.07. The molecule has 0 aliphatic rings. The molecule has 18 heavy (non-hydrogen) atoms. The van der Waals surface area contributed by atoms with E-state index in [4.69, 9.17) is 5.84 Å². The largest absolute Gasteiger partial charge is 0.350 e. The number of carbonyl (C=O) groups is 1. The zero-order chi connectivity index (χ0) is 13.4. The Morgan fingerprint density at radius 2 is 2.22 bits per heavy atom. The summed E-state index contributed by atoms with van der Waals surface area (Å²) >= 11 is 0. The lowest BCUT2D eigenvalue weighted by molar-refractivity contribution is 0.0937. The number of nitrogens with one attached hydrogen (secondary N) is 2. The van der Waals surface area contributed by atoms with Crippen LogP contribution in [0.4, 0.5) is 5.82 Å². The van der Waals surface area contributed by atoms with Gasteiger partial charge < -0.3 is 10.7 Å². The monoisotopic (exact) mass is 250 g/mol. The lowest BCUT2D eigenvalue weighted by atomic mass is 10.1. The summed E-state index contributed by atoms with van der Waals surface area (Å²) in [6.45, 7) is 4.19. The normalized spacial score (nSPS) is 11.9. The molecule has 1 atom stereocenters. The van der Waals surface area contributed by atoms with Crippen LogP contribution in [-0.4, -0.2) is 16.9 Å². The summed E-state index contributed by atoms with van der Waals surface area (Å²) in [7, 11) is 0. The Balaban J connectivity index is 2.43. The maximum absolute atomic E-state index is 11.9. The van der Waals surface area contributed by atoms with Crippen molar-refractivity contribution in [3.05, 3.63) is 23.9 Å². The average Bonchev–Trinajstić information content (AvgIpc) is 2.39. The van der Waals surface area contributed by atoms with Crippen molar-refractivity contribution in [1.29, 1.82) is 0 Å². The Kier molecular flexibility index (Phi) is 6.14. The maximum Gasteiger partial charge on any atom is 0.253 e. The minimum absolute atomic E-state index is 0.0879. The third kappa shape index (κ3) is 4.71. The number of aromatic nitrogens is 1. The number of anilines is 1. The molecule has 1 aromatic heterocycles. The van der Waals surface area contributed by atoms with Gasteiger partial charge in [-0.15, -0.1) is 0 Å². The van der Waals surface area contributed by atoms with E-state index in [0.717, 1.165) is 12.8 Å². The quantitative estimate of drug-likeness (QED) is 0.393. The molecule has 1 rings (SSSR count). The van der Waals surface area contributed by atoms with Crippen molar-refractivity contribution >= 4 is 11.7 Å². The van der Waals surface area contributed by atoms with Crippen molar-refractivity contribution < 1.29 is 4.79 Å². The molecule has 1 unspecified atom stereocenters. The number of hydrazine groups is 1. The van der Waals surface area contributed by atoms with Gasteiger partial charge in [0.25, 0.3) is 5.91 Å². The average molecular weight is 250 g/mol. The summed E-state index contributed by atoms with van der Waals surface area (Å²) in [4.78, 5) is 15.9. The van der Waals surface area contributed by atoms with Crippen LogP contribution in [0.1, 0.15) is 49.9 Å². The van der Waals surface area contributed by atoms with Crippen LogP contribution in [0.2, 0.25) is 0 Å². The van der Waals surface area contributed by atoms with Crippen LogP contribution in [0.5, 0.6) is 0 Å². The molecule has 0 saturated carbocycles. The van der Waals surface area contributed by atoms with Gasteiger partial charge in [0.15, 0.2) is 0 Å². The van der Waals surface area contributed by atoms with E-state index in [1.807, 2.05) is 6.92 Å². The van der Waals surface area contributed by atoms with Gasteiger partial charge in [-0.05, 0) is 25.5 Å². The molecule has 0 aliphatic carbocycles. The van der Waals surface area contributed by atoms with E-state index >= 15 is 0 Å². The predicted molar refractivity (Wildman–Crippen MR) is 73.1 cm³/mol. The van der Waals surface area contributed by atoms with Crippen LogP contribution in [0.25, 0.3) is 0 Å². The third-order valence-electron chi connectivity index (χ3n) is 2.79. The van der Waals surface area contributed by atoms with Gasteiger partial charge in [-0.2, -0.15) is 0 Å². The van der Waals surface area contributed by atoms with E-state index in [0.29, 0.717) is 11.4 Å². The number of nitrogen functional groups attached to an aromatic ring is 1. The van der Waals surface area contributed by atoms with Gasteiger partial charge >= 0.3 is 0 Å². The summed E-state index contributed by atoms with van der Waals surface area (Å²) in [6.07, 6.45) is 6.07. The van der Waals surface area contributed by atoms with Crippen molar-refractivity contribution in [2.75, 3.05) is 5.43 Å². The Morgan fingerprint density at radius 1 is 1.44 bits per heavy atom. The van der Waals surface area contributed by atoms with E-state index in [1.54, 1.807) is 12.1 Å². The Bertz CT molecular complexity index is 364. The molecule has 0 fully saturated rings. The number of carbonyl (C=O) groups excluding carboxylic acids is 1. The Hall–Kier alpha value is -1.62. The highest BCUT2D eigenvalue weighted by molar-refractivity contribution is 5.94. The summed E-state index contributed by atoms with van der Waals surface area (Å²) < 4.78 is 0. The molecule has 0 spiro atoms. The number of nitrogens with zero attached hydrogens (tertiary/aromatic N) is 1. The lowest BCUT2D eigenvalue weighted by Crippen LogP contribution is -2.32. The third-order valence-corrected chi connectivity index (χ3v) is 2.79. The van der Waals surface area contributed by atoms with Crippen LogP contribution in [0.3, 0.4) is 0 Å². The molecular weight excluding hydrogens is 228 g/mol.